The molecule has 2 N–H and O–H groups in total. The lowest BCUT2D eigenvalue weighted by atomic mass is 10.1. The molecule has 1 aromatic carbocycles. The van der Waals surface area contributed by atoms with Crippen LogP contribution in [0.4, 0.5) is 9.52 Å². The van der Waals surface area contributed by atoms with Crippen LogP contribution in [0.15, 0.2) is 40.7 Å². The Hall–Kier alpha value is -2.04. The summed E-state index contributed by atoms with van der Waals surface area (Å²) in [4.78, 5) is 18.0. The van der Waals surface area contributed by atoms with Crippen molar-refractivity contribution in [2.75, 3.05) is 24.5 Å². The third-order valence-electron chi connectivity index (χ3n) is 4.10. The highest BCUT2D eigenvalue weighted by molar-refractivity contribution is 7.89. The highest BCUT2D eigenvalue weighted by Gasteiger charge is 2.23. The molecule has 0 aliphatic carbocycles. The molecular formula is C16H19FN4O3S2. The van der Waals surface area contributed by atoms with Crippen molar-refractivity contribution in [2.45, 2.75) is 23.8 Å². The second kappa shape index (κ2) is 8.11. The summed E-state index contributed by atoms with van der Waals surface area (Å²) in [7, 11) is -4.07. The number of carbonyl (C=O) groups excluding carboxylic acids is 1. The first kappa shape index (κ1) is 18.7. The van der Waals surface area contributed by atoms with Crippen molar-refractivity contribution < 1.29 is 17.6 Å². The zero-order valence-corrected chi connectivity index (χ0v) is 15.5. The summed E-state index contributed by atoms with van der Waals surface area (Å²) in [5, 5.41) is 5.71. The first-order valence-electron chi connectivity index (χ1n) is 8.14. The molecule has 1 aliphatic heterocycles. The molecule has 7 nitrogen and oxygen atoms in total. The number of anilines is 1. The van der Waals surface area contributed by atoms with Gasteiger partial charge in [-0.3, -0.25) is 4.79 Å². The number of hydrogen-bond donors (Lipinski definition) is 2. The number of hydrogen-bond acceptors (Lipinski definition) is 6. The fourth-order valence-electron chi connectivity index (χ4n) is 2.77. The molecule has 0 atom stereocenters. The van der Waals surface area contributed by atoms with E-state index >= 15 is 0 Å². The molecule has 1 amide bonds. The first-order valence-corrected chi connectivity index (χ1v) is 10.5. The van der Waals surface area contributed by atoms with Gasteiger partial charge in [-0.05, 0) is 25.0 Å². The number of carbonyl (C=O) groups is 1. The Bertz CT molecular complexity index is 850. The number of amides is 1. The molecule has 3 rings (SSSR count). The van der Waals surface area contributed by atoms with Gasteiger partial charge in [0.05, 0.1) is 6.54 Å². The van der Waals surface area contributed by atoms with Crippen LogP contribution in [-0.2, 0) is 14.8 Å². The van der Waals surface area contributed by atoms with E-state index in [0.717, 1.165) is 43.2 Å². The Kier molecular flexibility index (Phi) is 5.84. The topological polar surface area (TPSA) is 91.4 Å². The first-order chi connectivity index (χ1) is 12.5. The zero-order valence-electron chi connectivity index (χ0n) is 13.9. The predicted molar refractivity (Wildman–Crippen MR) is 97.1 cm³/mol. The maximum absolute atomic E-state index is 13.6. The van der Waals surface area contributed by atoms with E-state index < -0.39 is 33.2 Å². The second-order valence-electron chi connectivity index (χ2n) is 5.90. The lowest BCUT2D eigenvalue weighted by Crippen LogP contribution is -2.47. The number of rotatable bonds is 6. The average molecular weight is 398 g/mol. The van der Waals surface area contributed by atoms with Gasteiger partial charge < -0.3 is 10.2 Å². The number of halogens is 1. The van der Waals surface area contributed by atoms with Crippen molar-refractivity contribution in [1.29, 1.82) is 0 Å². The maximum atomic E-state index is 13.6. The van der Waals surface area contributed by atoms with Crippen LogP contribution in [0.3, 0.4) is 0 Å². The number of sulfonamides is 1. The van der Waals surface area contributed by atoms with Crippen molar-refractivity contribution in [1.82, 2.24) is 15.0 Å². The summed E-state index contributed by atoms with van der Waals surface area (Å²) in [6.45, 7) is 1.13. The number of nitrogens with one attached hydrogen (secondary N) is 2. The van der Waals surface area contributed by atoms with E-state index in [1.807, 2.05) is 5.38 Å². The summed E-state index contributed by atoms with van der Waals surface area (Å²) >= 11 is 1.57. The van der Waals surface area contributed by atoms with Gasteiger partial charge in [-0.15, -0.1) is 11.3 Å². The van der Waals surface area contributed by atoms with Gasteiger partial charge in [0.25, 0.3) is 0 Å². The van der Waals surface area contributed by atoms with Gasteiger partial charge >= 0.3 is 0 Å². The molecule has 0 bridgehead atoms. The number of piperidine rings is 1. The Morgan fingerprint density at radius 2 is 2.04 bits per heavy atom. The molecular weight excluding hydrogens is 379 g/mol. The highest BCUT2D eigenvalue weighted by Crippen LogP contribution is 2.21. The van der Waals surface area contributed by atoms with E-state index in [4.69, 9.17) is 0 Å². The molecule has 26 heavy (non-hydrogen) atoms. The molecule has 1 saturated heterocycles. The zero-order chi connectivity index (χ0) is 18.6. The Labute approximate surface area is 155 Å². The van der Waals surface area contributed by atoms with E-state index in [9.17, 15) is 17.6 Å². The Morgan fingerprint density at radius 3 is 2.69 bits per heavy atom. The standard InChI is InChI=1S/C16H19FN4O3S2/c17-13-3-1-2-4-14(13)26(23,24)19-11-15(22)20-12-5-8-21(9-6-12)16-18-7-10-25-16/h1-4,7,10,12,19H,5-6,8-9,11H2,(H,20,22). The van der Waals surface area contributed by atoms with Gasteiger partial charge in [-0.25, -0.2) is 22.5 Å². The molecule has 1 fully saturated rings. The lowest BCUT2D eigenvalue weighted by Gasteiger charge is -2.32. The van der Waals surface area contributed by atoms with Gasteiger partial charge in [0, 0.05) is 30.7 Å². The quantitative estimate of drug-likeness (QED) is 0.766. The van der Waals surface area contributed by atoms with E-state index in [-0.39, 0.29) is 6.04 Å². The van der Waals surface area contributed by atoms with Crippen LogP contribution in [-0.4, -0.2) is 45.0 Å². The fraction of sp³-hybridized carbons (Fsp3) is 0.375. The van der Waals surface area contributed by atoms with Crippen LogP contribution in [0.1, 0.15) is 12.8 Å². The summed E-state index contributed by atoms with van der Waals surface area (Å²) in [5.41, 5.74) is 0. The minimum Gasteiger partial charge on any atom is -0.352 e. The summed E-state index contributed by atoms with van der Waals surface area (Å²) in [6, 6.07) is 5.03. The van der Waals surface area contributed by atoms with Crippen molar-refractivity contribution in [3.05, 3.63) is 41.7 Å². The summed E-state index contributed by atoms with van der Waals surface area (Å²) in [6.07, 6.45) is 3.27. The van der Waals surface area contributed by atoms with Crippen molar-refractivity contribution in [2.24, 2.45) is 0 Å². The fourth-order valence-corrected chi connectivity index (χ4v) is 4.52. The minimum atomic E-state index is -4.07. The molecule has 1 aliphatic rings. The van der Waals surface area contributed by atoms with E-state index in [1.54, 1.807) is 17.5 Å². The predicted octanol–water partition coefficient (Wildman–Crippen LogP) is 1.35. The van der Waals surface area contributed by atoms with Gasteiger partial charge in [-0.1, -0.05) is 12.1 Å². The molecule has 1 aromatic heterocycles. The van der Waals surface area contributed by atoms with Crippen LogP contribution in [0, 0.1) is 5.82 Å². The van der Waals surface area contributed by atoms with Crippen LogP contribution >= 0.6 is 11.3 Å². The van der Waals surface area contributed by atoms with E-state index in [2.05, 4.69) is 19.9 Å². The lowest BCUT2D eigenvalue weighted by molar-refractivity contribution is -0.120. The maximum Gasteiger partial charge on any atom is 0.243 e. The number of thiazole rings is 1. The third kappa shape index (κ3) is 4.57. The number of aromatic nitrogens is 1. The molecule has 140 valence electrons. The van der Waals surface area contributed by atoms with Crippen LogP contribution in [0.2, 0.25) is 0 Å². The third-order valence-corrected chi connectivity index (χ3v) is 6.37. The smallest absolute Gasteiger partial charge is 0.243 e. The van der Waals surface area contributed by atoms with Gasteiger partial charge in [-0.2, -0.15) is 0 Å². The molecule has 0 saturated carbocycles. The normalized spacial score (nSPS) is 15.8. The van der Waals surface area contributed by atoms with Gasteiger partial charge in [0.1, 0.15) is 10.7 Å². The summed E-state index contributed by atoms with van der Waals surface area (Å²) < 4.78 is 39.9. The Balaban J connectivity index is 1.47. The van der Waals surface area contributed by atoms with Crippen molar-refractivity contribution >= 4 is 32.4 Å². The van der Waals surface area contributed by atoms with E-state index in [1.165, 1.54) is 12.1 Å². The van der Waals surface area contributed by atoms with Gasteiger partial charge in [0.2, 0.25) is 15.9 Å². The summed E-state index contributed by atoms with van der Waals surface area (Å²) in [5.74, 6) is -1.28. The van der Waals surface area contributed by atoms with Crippen LogP contribution in [0.5, 0.6) is 0 Å². The largest absolute Gasteiger partial charge is 0.352 e. The molecule has 2 heterocycles. The second-order valence-corrected chi connectivity index (χ2v) is 8.51. The van der Waals surface area contributed by atoms with Crippen LogP contribution in [0.25, 0.3) is 0 Å². The van der Waals surface area contributed by atoms with Crippen molar-refractivity contribution in [3.8, 4) is 0 Å². The van der Waals surface area contributed by atoms with Gasteiger partial charge in [0.15, 0.2) is 5.13 Å². The minimum absolute atomic E-state index is 0.0170. The van der Waals surface area contributed by atoms with Crippen LogP contribution < -0.4 is 14.9 Å². The van der Waals surface area contributed by atoms with E-state index in [0.29, 0.717) is 0 Å². The Morgan fingerprint density at radius 1 is 1.31 bits per heavy atom. The van der Waals surface area contributed by atoms with Crippen molar-refractivity contribution in [3.63, 3.8) is 0 Å². The monoisotopic (exact) mass is 398 g/mol. The SMILES string of the molecule is O=C(CNS(=O)(=O)c1ccccc1F)NC1CCN(c2nccs2)CC1. The number of benzene rings is 1. The average Bonchev–Trinajstić information content (AvgIpc) is 3.16. The molecule has 0 unspecified atom stereocenters. The molecule has 10 heteroatoms. The number of nitrogens with zero attached hydrogens (tertiary/aromatic N) is 2. The molecule has 0 radical (unpaired) electrons. The highest BCUT2D eigenvalue weighted by atomic mass is 32.2. The molecule has 2 aromatic rings. The molecule has 0 spiro atoms.